The van der Waals surface area contributed by atoms with Crippen molar-refractivity contribution in [2.24, 2.45) is 0 Å². The van der Waals surface area contributed by atoms with Crippen molar-refractivity contribution >= 4 is 23.2 Å². The van der Waals surface area contributed by atoms with Crippen molar-refractivity contribution in [3.05, 3.63) is 98.8 Å². The second-order valence-electron chi connectivity index (χ2n) is 9.70. The number of carbonyl (C=O) groups is 2. The number of pyridine rings is 1. The Kier molecular flexibility index (Phi) is 6.74. The first-order valence-corrected chi connectivity index (χ1v) is 13.8. The van der Waals surface area contributed by atoms with Gasteiger partial charge in [0, 0.05) is 19.3 Å². The summed E-state index contributed by atoms with van der Waals surface area (Å²) in [6, 6.07) is 15.3. The molecule has 8 bridgehead atoms. The summed E-state index contributed by atoms with van der Waals surface area (Å²) >= 11 is 1.44. The van der Waals surface area contributed by atoms with E-state index >= 15 is 0 Å². The third kappa shape index (κ3) is 5.09. The zero-order valence-corrected chi connectivity index (χ0v) is 22.6. The number of amides is 2. The van der Waals surface area contributed by atoms with Crippen molar-refractivity contribution < 1.29 is 19.1 Å². The Labute approximate surface area is 230 Å². The van der Waals surface area contributed by atoms with Crippen LogP contribution in [0.4, 0.5) is 0 Å². The lowest BCUT2D eigenvalue weighted by Crippen LogP contribution is -2.40. The van der Waals surface area contributed by atoms with E-state index in [9.17, 15) is 9.59 Å². The van der Waals surface area contributed by atoms with Crippen molar-refractivity contribution in [3.8, 4) is 17.2 Å². The average Bonchev–Trinajstić information content (AvgIpc) is 3.29. The molecule has 198 valence electrons. The van der Waals surface area contributed by atoms with Crippen molar-refractivity contribution in [1.82, 2.24) is 20.2 Å². The second kappa shape index (κ2) is 10.5. The Morgan fingerprint density at radius 2 is 1.97 bits per heavy atom. The highest BCUT2D eigenvalue weighted by molar-refractivity contribution is 7.13. The molecule has 4 aromatic rings. The van der Waals surface area contributed by atoms with Gasteiger partial charge in [0.05, 0.1) is 35.1 Å². The number of hydrogen-bond acceptors (Lipinski definition) is 7. The summed E-state index contributed by atoms with van der Waals surface area (Å²) in [6.07, 6.45) is 4.44. The first-order chi connectivity index (χ1) is 19.0. The van der Waals surface area contributed by atoms with Gasteiger partial charge in [0.2, 0.25) is 0 Å². The van der Waals surface area contributed by atoms with Crippen LogP contribution in [0.25, 0.3) is 0 Å². The molecule has 9 heteroatoms. The summed E-state index contributed by atoms with van der Waals surface area (Å²) in [4.78, 5) is 37.8. The minimum Gasteiger partial charge on any atom is -0.494 e. The third-order valence-corrected chi connectivity index (χ3v) is 8.02. The monoisotopic (exact) mass is 540 g/mol. The number of fused-ring (bicyclic) bond motifs is 6. The predicted molar refractivity (Wildman–Crippen MR) is 148 cm³/mol. The fraction of sp³-hybridized carbons (Fsp3) is 0.267. The van der Waals surface area contributed by atoms with E-state index in [0.717, 1.165) is 33.1 Å². The van der Waals surface area contributed by atoms with E-state index in [1.807, 2.05) is 61.2 Å². The van der Waals surface area contributed by atoms with Gasteiger partial charge in [0.15, 0.2) is 0 Å². The third-order valence-electron chi connectivity index (χ3n) is 6.96. The highest BCUT2D eigenvalue weighted by Crippen LogP contribution is 2.40. The number of rotatable bonds is 1. The zero-order chi connectivity index (χ0) is 26.9. The first-order valence-electron chi connectivity index (χ1n) is 13.0. The van der Waals surface area contributed by atoms with E-state index in [2.05, 4.69) is 15.3 Å². The number of carbonyl (C=O) groups excluding carboxylic acids is 2. The number of ether oxygens (including phenoxy) is 2. The van der Waals surface area contributed by atoms with Gasteiger partial charge >= 0.3 is 0 Å². The quantitative estimate of drug-likeness (QED) is 0.355. The normalized spacial score (nSPS) is 16.9. The lowest BCUT2D eigenvalue weighted by molar-refractivity contribution is 0.0698. The Bertz CT molecular complexity index is 1570. The van der Waals surface area contributed by atoms with Gasteiger partial charge in [-0.2, -0.15) is 0 Å². The average molecular weight is 541 g/mol. The molecule has 0 spiro atoms. The standard InChI is InChI=1S/C30H28N4O4S/c1-18-28(39-19(2)33-18)30(36)34-11-9-20-13-24-7-8-26(20)27(34)21-5-3-6-23(14-21)37-12-4-10-32-29(35)22-15-25(38-24)17-31-16-22/h3,5-8,13-17,27H,4,9-12H2,1-2H3,(H,32,35). The van der Waals surface area contributed by atoms with Crippen LogP contribution in [-0.2, 0) is 6.42 Å². The van der Waals surface area contributed by atoms with E-state index in [1.165, 1.54) is 17.5 Å². The second-order valence-corrected chi connectivity index (χ2v) is 10.9. The minimum absolute atomic E-state index is 0.0128. The van der Waals surface area contributed by atoms with E-state index in [-0.39, 0.29) is 17.9 Å². The van der Waals surface area contributed by atoms with Gasteiger partial charge < -0.3 is 19.7 Å². The summed E-state index contributed by atoms with van der Waals surface area (Å²) < 4.78 is 12.2. The van der Waals surface area contributed by atoms with Crippen molar-refractivity contribution in [2.75, 3.05) is 19.7 Å². The fourth-order valence-electron chi connectivity index (χ4n) is 5.18. The Balaban J connectivity index is 1.43. The molecule has 2 aromatic heterocycles. The molecule has 0 radical (unpaired) electrons. The molecule has 5 heterocycles. The number of aryl methyl sites for hydroxylation is 2. The molecule has 0 saturated heterocycles. The maximum Gasteiger partial charge on any atom is 0.266 e. The molecule has 39 heavy (non-hydrogen) atoms. The molecule has 7 rings (SSSR count). The minimum atomic E-state index is -0.288. The van der Waals surface area contributed by atoms with Crippen molar-refractivity contribution in [1.29, 1.82) is 0 Å². The summed E-state index contributed by atoms with van der Waals surface area (Å²) in [7, 11) is 0. The number of nitrogens with zero attached hydrogens (tertiary/aromatic N) is 3. The molecule has 1 unspecified atom stereocenters. The van der Waals surface area contributed by atoms with Gasteiger partial charge in [-0.1, -0.05) is 18.2 Å². The molecule has 2 aromatic carbocycles. The zero-order valence-electron chi connectivity index (χ0n) is 21.8. The van der Waals surface area contributed by atoms with Gasteiger partial charge in [-0.3, -0.25) is 14.6 Å². The molecule has 1 atom stereocenters. The smallest absolute Gasteiger partial charge is 0.266 e. The van der Waals surface area contributed by atoms with Crippen LogP contribution in [0, 0.1) is 13.8 Å². The molecular formula is C30H28N4O4S. The molecule has 3 aliphatic rings. The maximum absolute atomic E-state index is 13.9. The first kappa shape index (κ1) is 25.1. The van der Waals surface area contributed by atoms with Crippen LogP contribution in [0.15, 0.2) is 60.9 Å². The van der Waals surface area contributed by atoms with Crippen LogP contribution in [-0.4, -0.2) is 46.4 Å². The number of hydrogen-bond donors (Lipinski definition) is 1. The lowest BCUT2D eigenvalue weighted by Gasteiger charge is -2.38. The highest BCUT2D eigenvalue weighted by Gasteiger charge is 2.34. The summed E-state index contributed by atoms with van der Waals surface area (Å²) in [5.41, 5.74) is 4.32. The summed E-state index contributed by atoms with van der Waals surface area (Å²) in [5.74, 6) is 1.64. The van der Waals surface area contributed by atoms with Crippen molar-refractivity contribution in [3.63, 3.8) is 0 Å². The van der Waals surface area contributed by atoms with Gasteiger partial charge in [0.1, 0.15) is 22.1 Å². The molecule has 3 aliphatic heterocycles. The van der Waals surface area contributed by atoms with Crippen LogP contribution in [0.3, 0.4) is 0 Å². The number of nitrogens with one attached hydrogen (secondary N) is 1. The predicted octanol–water partition coefficient (Wildman–Crippen LogP) is 5.25. The summed E-state index contributed by atoms with van der Waals surface area (Å²) in [6.45, 7) is 5.28. The molecule has 2 amide bonds. The number of benzene rings is 2. The van der Waals surface area contributed by atoms with E-state index < -0.39 is 0 Å². The van der Waals surface area contributed by atoms with Gasteiger partial charge in [0.25, 0.3) is 11.8 Å². The van der Waals surface area contributed by atoms with Crippen LogP contribution in [0.5, 0.6) is 17.2 Å². The van der Waals surface area contributed by atoms with E-state index in [4.69, 9.17) is 9.47 Å². The number of thiazole rings is 1. The molecule has 0 saturated carbocycles. The van der Waals surface area contributed by atoms with E-state index in [1.54, 1.807) is 12.3 Å². The molecule has 0 fully saturated rings. The topological polar surface area (TPSA) is 93.7 Å². The van der Waals surface area contributed by atoms with Crippen molar-refractivity contribution in [2.45, 2.75) is 32.7 Å². The van der Waals surface area contributed by atoms with Gasteiger partial charge in [-0.25, -0.2) is 4.98 Å². The van der Waals surface area contributed by atoms with Gasteiger partial charge in [-0.05, 0) is 73.7 Å². The maximum atomic E-state index is 13.9. The van der Waals surface area contributed by atoms with Crippen LogP contribution in [0.2, 0.25) is 0 Å². The Morgan fingerprint density at radius 3 is 2.82 bits per heavy atom. The fourth-order valence-corrected chi connectivity index (χ4v) is 6.06. The highest BCUT2D eigenvalue weighted by atomic mass is 32.1. The largest absolute Gasteiger partial charge is 0.494 e. The molecule has 1 N–H and O–H groups in total. The Hall–Kier alpha value is -4.24. The Morgan fingerprint density at radius 1 is 1.08 bits per heavy atom. The SMILES string of the molecule is Cc1nc(C)c(C(=O)N2CCc3cc4ccc3C2c2cccc(c2)OCCCNC(=O)c2cncc(c2)O4)s1. The van der Waals surface area contributed by atoms with Crippen LogP contribution in [0.1, 0.15) is 59.9 Å². The van der Waals surface area contributed by atoms with Gasteiger partial charge in [-0.15, -0.1) is 11.3 Å². The van der Waals surface area contributed by atoms with E-state index in [0.29, 0.717) is 54.5 Å². The molecule has 0 aliphatic carbocycles. The number of aromatic nitrogens is 2. The summed E-state index contributed by atoms with van der Waals surface area (Å²) in [5, 5.41) is 3.79. The van der Waals surface area contributed by atoms with Crippen LogP contribution < -0.4 is 14.8 Å². The molecular weight excluding hydrogens is 512 g/mol. The molecule has 8 nitrogen and oxygen atoms in total. The lowest BCUT2D eigenvalue weighted by atomic mass is 9.87. The van der Waals surface area contributed by atoms with Crippen LogP contribution >= 0.6 is 11.3 Å².